The first kappa shape index (κ1) is 25.5. The van der Waals surface area contributed by atoms with E-state index in [0.717, 1.165) is 46.3 Å². The van der Waals surface area contributed by atoms with Gasteiger partial charge in [0.25, 0.3) is 10.0 Å². The van der Waals surface area contributed by atoms with E-state index >= 15 is 0 Å². The Morgan fingerprint density at radius 2 is 1.71 bits per heavy atom. The summed E-state index contributed by atoms with van der Waals surface area (Å²) >= 11 is 0. The standard InChI is InChI=1S/C30H29N3O4S/c1-4-10-24-18-28(26-13-8-9-14-27(26)31-24)36-19-22-15-16-25(23-11-6-5-7-12-23)29(17-22)38(34,35)33-30-20(2)21(3)37-32-30/h5-9,11-18H,4,10,19H2,1-3H3,(H,32,33). The van der Waals surface area contributed by atoms with Crippen molar-refractivity contribution in [1.82, 2.24) is 10.1 Å². The minimum absolute atomic E-state index is 0.135. The fourth-order valence-corrected chi connectivity index (χ4v) is 5.63. The Balaban J connectivity index is 1.52. The Labute approximate surface area is 222 Å². The molecule has 0 bridgehead atoms. The van der Waals surface area contributed by atoms with Crippen LogP contribution in [0.3, 0.4) is 0 Å². The third-order valence-electron chi connectivity index (χ3n) is 6.44. The highest BCUT2D eigenvalue weighted by Gasteiger charge is 2.23. The molecule has 0 atom stereocenters. The zero-order chi connectivity index (χ0) is 26.7. The summed E-state index contributed by atoms with van der Waals surface area (Å²) in [6.07, 6.45) is 1.83. The second-order valence-corrected chi connectivity index (χ2v) is 10.8. The van der Waals surface area contributed by atoms with Crippen LogP contribution in [-0.2, 0) is 23.1 Å². The topological polar surface area (TPSA) is 94.3 Å². The number of sulfonamides is 1. The lowest BCUT2D eigenvalue weighted by molar-refractivity contribution is 0.309. The molecular weight excluding hydrogens is 498 g/mol. The van der Waals surface area contributed by atoms with E-state index in [1.54, 1.807) is 19.9 Å². The molecule has 1 N–H and O–H groups in total. The SMILES string of the molecule is CCCc1cc(OCc2ccc(-c3ccccc3)c(S(=O)(=O)Nc3noc(C)c3C)c2)c2ccccc2n1. The van der Waals surface area contributed by atoms with Crippen LogP contribution in [-0.4, -0.2) is 18.6 Å². The van der Waals surface area contributed by atoms with E-state index < -0.39 is 10.0 Å². The average molecular weight is 528 g/mol. The number of fused-ring (bicyclic) bond motifs is 1. The smallest absolute Gasteiger partial charge is 0.263 e. The molecule has 194 valence electrons. The molecular formula is C30H29N3O4S. The van der Waals surface area contributed by atoms with Gasteiger partial charge < -0.3 is 9.26 Å². The molecule has 0 saturated carbocycles. The number of rotatable bonds is 9. The van der Waals surface area contributed by atoms with Crippen LogP contribution >= 0.6 is 0 Å². The van der Waals surface area contributed by atoms with Crippen molar-refractivity contribution in [3.05, 3.63) is 101 Å². The fourth-order valence-electron chi connectivity index (χ4n) is 4.29. The predicted octanol–water partition coefficient (Wildman–Crippen LogP) is 6.84. The van der Waals surface area contributed by atoms with Gasteiger partial charge in [-0.05, 0) is 49.6 Å². The van der Waals surface area contributed by atoms with Gasteiger partial charge in [-0.3, -0.25) is 9.71 Å². The second-order valence-electron chi connectivity index (χ2n) is 9.18. The minimum atomic E-state index is -3.99. The lowest BCUT2D eigenvalue weighted by atomic mass is 10.0. The van der Waals surface area contributed by atoms with Crippen molar-refractivity contribution < 1.29 is 17.7 Å². The first-order valence-corrected chi connectivity index (χ1v) is 14.0. The largest absolute Gasteiger partial charge is 0.488 e. The summed E-state index contributed by atoms with van der Waals surface area (Å²) in [5.74, 6) is 1.46. The van der Waals surface area contributed by atoms with Crippen LogP contribution in [0.15, 0.2) is 88.3 Å². The van der Waals surface area contributed by atoms with Crippen molar-refractivity contribution in [3.8, 4) is 16.9 Å². The number of hydrogen-bond donors (Lipinski definition) is 1. The van der Waals surface area contributed by atoms with E-state index in [1.165, 1.54) is 0 Å². The fraction of sp³-hybridized carbons (Fsp3) is 0.200. The van der Waals surface area contributed by atoms with Gasteiger partial charge in [-0.2, -0.15) is 0 Å². The molecule has 0 amide bonds. The number of nitrogens with one attached hydrogen (secondary N) is 1. The van der Waals surface area contributed by atoms with Crippen LogP contribution in [0, 0.1) is 13.8 Å². The number of anilines is 1. The van der Waals surface area contributed by atoms with E-state index in [9.17, 15) is 8.42 Å². The molecule has 0 radical (unpaired) electrons. The zero-order valence-corrected chi connectivity index (χ0v) is 22.4. The number of pyridine rings is 1. The number of nitrogens with zero attached hydrogens (tertiary/aromatic N) is 2. The number of hydrogen-bond acceptors (Lipinski definition) is 6. The summed E-state index contributed by atoms with van der Waals surface area (Å²) in [6.45, 7) is 5.81. The van der Waals surface area contributed by atoms with Crippen LogP contribution in [0.5, 0.6) is 5.75 Å². The van der Waals surface area contributed by atoms with Crippen LogP contribution in [0.2, 0.25) is 0 Å². The maximum Gasteiger partial charge on any atom is 0.263 e. The molecule has 0 aliphatic rings. The molecule has 7 nitrogen and oxygen atoms in total. The van der Waals surface area contributed by atoms with Gasteiger partial charge in [0, 0.05) is 28.3 Å². The van der Waals surface area contributed by atoms with Crippen LogP contribution in [0.25, 0.3) is 22.0 Å². The number of aryl methyl sites for hydroxylation is 2. The van der Waals surface area contributed by atoms with Gasteiger partial charge in [-0.25, -0.2) is 8.42 Å². The molecule has 0 aliphatic heterocycles. The molecule has 8 heteroatoms. The molecule has 5 rings (SSSR count). The molecule has 0 spiro atoms. The van der Waals surface area contributed by atoms with Gasteiger partial charge in [0.05, 0.1) is 10.4 Å². The summed E-state index contributed by atoms with van der Waals surface area (Å²) in [4.78, 5) is 4.87. The van der Waals surface area contributed by atoms with Gasteiger partial charge in [0.2, 0.25) is 0 Å². The van der Waals surface area contributed by atoms with Crippen molar-refractivity contribution in [1.29, 1.82) is 0 Å². The lowest BCUT2D eigenvalue weighted by Gasteiger charge is -2.15. The highest BCUT2D eigenvalue weighted by Crippen LogP contribution is 2.32. The summed E-state index contributed by atoms with van der Waals surface area (Å²) in [5.41, 5.74) is 4.57. The Hall–Kier alpha value is -4.17. The molecule has 5 aromatic rings. The average Bonchev–Trinajstić information content (AvgIpc) is 3.24. The van der Waals surface area contributed by atoms with Crippen molar-refractivity contribution in [2.24, 2.45) is 0 Å². The minimum Gasteiger partial charge on any atom is -0.488 e. The monoisotopic (exact) mass is 527 g/mol. The number of aromatic nitrogens is 2. The molecule has 2 aromatic heterocycles. The third kappa shape index (κ3) is 5.26. The number of ether oxygens (including phenoxy) is 1. The summed E-state index contributed by atoms with van der Waals surface area (Å²) in [7, 11) is -3.99. The van der Waals surface area contributed by atoms with E-state index in [4.69, 9.17) is 14.2 Å². The van der Waals surface area contributed by atoms with Crippen molar-refractivity contribution in [2.45, 2.75) is 45.1 Å². The van der Waals surface area contributed by atoms with Crippen LogP contribution in [0.1, 0.15) is 35.9 Å². The van der Waals surface area contributed by atoms with E-state index in [2.05, 4.69) is 16.8 Å². The van der Waals surface area contributed by atoms with Crippen molar-refractivity contribution in [2.75, 3.05) is 4.72 Å². The van der Waals surface area contributed by atoms with Gasteiger partial charge in [-0.15, -0.1) is 0 Å². The van der Waals surface area contributed by atoms with Gasteiger partial charge in [-0.1, -0.05) is 73.1 Å². The molecule has 2 heterocycles. The molecule has 0 unspecified atom stereocenters. The van der Waals surface area contributed by atoms with Gasteiger partial charge in [0.1, 0.15) is 18.1 Å². The number of benzene rings is 3. The first-order chi connectivity index (χ1) is 18.4. The van der Waals surface area contributed by atoms with E-state index in [-0.39, 0.29) is 17.3 Å². The van der Waals surface area contributed by atoms with E-state index in [1.807, 2.05) is 72.8 Å². The molecule has 0 saturated heterocycles. The van der Waals surface area contributed by atoms with Crippen molar-refractivity contribution in [3.63, 3.8) is 0 Å². The molecule has 38 heavy (non-hydrogen) atoms. The maximum absolute atomic E-state index is 13.6. The molecule has 0 aliphatic carbocycles. The lowest BCUT2D eigenvalue weighted by Crippen LogP contribution is -2.15. The Bertz CT molecular complexity index is 1700. The Kier molecular flexibility index (Phi) is 7.15. The summed E-state index contributed by atoms with van der Waals surface area (Å²) in [5, 5.41) is 4.80. The molecule has 3 aromatic carbocycles. The first-order valence-electron chi connectivity index (χ1n) is 12.5. The van der Waals surface area contributed by atoms with Crippen LogP contribution < -0.4 is 9.46 Å². The number of para-hydroxylation sites is 1. The Morgan fingerprint density at radius 1 is 0.947 bits per heavy atom. The van der Waals surface area contributed by atoms with Gasteiger partial charge in [0.15, 0.2) is 5.82 Å². The normalized spacial score (nSPS) is 11.6. The third-order valence-corrected chi connectivity index (χ3v) is 7.82. The Morgan fingerprint density at radius 3 is 2.45 bits per heavy atom. The predicted molar refractivity (Wildman–Crippen MR) is 149 cm³/mol. The zero-order valence-electron chi connectivity index (χ0n) is 21.6. The highest BCUT2D eigenvalue weighted by molar-refractivity contribution is 7.92. The van der Waals surface area contributed by atoms with Crippen molar-refractivity contribution >= 4 is 26.7 Å². The van der Waals surface area contributed by atoms with Crippen LogP contribution in [0.4, 0.5) is 5.82 Å². The van der Waals surface area contributed by atoms with Gasteiger partial charge >= 0.3 is 0 Å². The summed E-state index contributed by atoms with van der Waals surface area (Å²) < 4.78 is 41.3. The quantitative estimate of drug-likeness (QED) is 0.226. The second kappa shape index (κ2) is 10.7. The maximum atomic E-state index is 13.6. The summed E-state index contributed by atoms with van der Waals surface area (Å²) in [6, 6.07) is 24.6. The highest BCUT2D eigenvalue weighted by atomic mass is 32.2. The molecule has 0 fully saturated rings. The van der Waals surface area contributed by atoms with E-state index in [0.29, 0.717) is 16.9 Å².